The topological polar surface area (TPSA) is 60.0 Å². The standard InChI is InChI=1S/C22H30N2O4S.ClH/c1-26-18-13-16(14-19(27-2)21(18)28-3)22(25)23-15-17(20-9-8-12-29-20)24-10-6-4-5-7-11-24;/h8-9,12-14,17H,4-7,10-11,15H2,1-3H3,(H,23,25);1H. The second-order valence-corrected chi connectivity index (χ2v) is 8.08. The van der Waals surface area contributed by atoms with Crippen molar-refractivity contribution in [2.24, 2.45) is 0 Å². The van der Waals surface area contributed by atoms with Gasteiger partial charge in [0.25, 0.3) is 5.91 Å². The molecule has 0 spiro atoms. The summed E-state index contributed by atoms with van der Waals surface area (Å²) < 4.78 is 16.1. The number of amides is 1. The Kier molecular flexibility index (Phi) is 9.75. The van der Waals surface area contributed by atoms with E-state index in [1.807, 2.05) is 0 Å². The molecule has 1 atom stereocenters. The minimum atomic E-state index is -0.152. The Hall–Kier alpha value is -1.96. The molecule has 166 valence electrons. The van der Waals surface area contributed by atoms with Gasteiger partial charge in [0.05, 0.1) is 27.4 Å². The number of benzene rings is 1. The Labute approximate surface area is 188 Å². The first-order valence-electron chi connectivity index (χ1n) is 10.0. The number of hydrogen-bond acceptors (Lipinski definition) is 6. The van der Waals surface area contributed by atoms with Crippen molar-refractivity contribution in [3.8, 4) is 17.2 Å². The first-order valence-corrected chi connectivity index (χ1v) is 10.9. The van der Waals surface area contributed by atoms with Crippen LogP contribution in [-0.2, 0) is 0 Å². The Morgan fingerprint density at radius 3 is 2.20 bits per heavy atom. The number of ether oxygens (including phenoxy) is 3. The van der Waals surface area contributed by atoms with Gasteiger partial charge in [-0.05, 0) is 49.5 Å². The molecule has 0 aliphatic carbocycles. The summed E-state index contributed by atoms with van der Waals surface area (Å²) in [4.78, 5) is 16.7. The summed E-state index contributed by atoms with van der Waals surface area (Å²) in [6.45, 7) is 2.71. The van der Waals surface area contributed by atoms with E-state index < -0.39 is 0 Å². The zero-order valence-electron chi connectivity index (χ0n) is 17.8. The van der Waals surface area contributed by atoms with E-state index in [-0.39, 0.29) is 24.4 Å². The first-order chi connectivity index (χ1) is 14.2. The average Bonchev–Trinajstić information content (AvgIpc) is 3.15. The molecule has 6 nitrogen and oxygen atoms in total. The number of methoxy groups -OCH3 is 3. The lowest BCUT2D eigenvalue weighted by atomic mass is 10.1. The molecule has 1 aromatic carbocycles. The van der Waals surface area contributed by atoms with E-state index in [0.717, 1.165) is 13.1 Å². The van der Waals surface area contributed by atoms with E-state index in [1.54, 1.807) is 44.8 Å². The highest BCUT2D eigenvalue weighted by molar-refractivity contribution is 7.10. The zero-order valence-corrected chi connectivity index (χ0v) is 19.4. The number of halogens is 1. The predicted octanol–water partition coefficient (Wildman–Crippen LogP) is 4.54. The largest absolute Gasteiger partial charge is 0.493 e. The third-order valence-electron chi connectivity index (χ3n) is 5.34. The monoisotopic (exact) mass is 454 g/mol. The molecule has 2 aromatic rings. The quantitative estimate of drug-likeness (QED) is 0.634. The van der Waals surface area contributed by atoms with Crippen molar-refractivity contribution in [2.75, 3.05) is 41.0 Å². The second-order valence-electron chi connectivity index (χ2n) is 7.11. The van der Waals surface area contributed by atoms with E-state index >= 15 is 0 Å². The lowest BCUT2D eigenvalue weighted by Crippen LogP contribution is -2.38. The number of likely N-dealkylation sites (tertiary alicyclic amines) is 1. The summed E-state index contributed by atoms with van der Waals surface area (Å²) in [6.07, 6.45) is 4.99. The third-order valence-corrected chi connectivity index (χ3v) is 6.31. The molecule has 0 saturated carbocycles. The maximum absolute atomic E-state index is 12.9. The van der Waals surface area contributed by atoms with Crippen LogP contribution >= 0.6 is 23.7 Å². The predicted molar refractivity (Wildman–Crippen MR) is 123 cm³/mol. The van der Waals surface area contributed by atoms with Crippen LogP contribution in [0.1, 0.15) is 47.0 Å². The molecule has 3 rings (SSSR count). The molecule has 0 bridgehead atoms. The number of carbonyl (C=O) groups is 1. The molecule has 2 heterocycles. The molecule has 1 aliphatic heterocycles. The maximum Gasteiger partial charge on any atom is 0.251 e. The lowest BCUT2D eigenvalue weighted by molar-refractivity contribution is 0.0933. The first kappa shape index (κ1) is 24.3. The van der Waals surface area contributed by atoms with E-state index in [4.69, 9.17) is 14.2 Å². The van der Waals surface area contributed by atoms with Crippen LogP contribution in [0.2, 0.25) is 0 Å². The Morgan fingerprint density at radius 1 is 1.07 bits per heavy atom. The van der Waals surface area contributed by atoms with Crippen molar-refractivity contribution < 1.29 is 19.0 Å². The molecule has 1 unspecified atom stereocenters. The van der Waals surface area contributed by atoms with Gasteiger partial charge in [0, 0.05) is 17.0 Å². The molecule has 1 fully saturated rings. The van der Waals surface area contributed by atoms with Gasteiger partial charge in [-0.1, -0.05) is 18.9 Å². The number of nitrogens with one attached hydrogen (secondary N) is 1. The van der Waals surface area contributed by atoms with Crippen molar-refractivity contribution in [1.29, 1.82) is 0 Å². The van der Waals surface area contributed by atoms with Crippen LogP contribution in [0.25, 0.3) is 0 Å². The van der Waals surface area contributed by atoms with Crippen LogP contribution in [0, 0.1) is 0 Å². The van der Waals surface area contributed by atoms with E-state index in [1.165, 1.54) is 30.6 Å². The minimum Gasteiger partial charge on any atom is -0.493 e. The number of thiophene rings is 1. The fourth-order valence-electron chi connectivity index (χ4n) is 3.80. The van der Waals surface area contributed by atoms with Crippen molar-refractivity contribution in [3.63, 3.8) is 0 Å². The number of rotatable bonds is 8. The van der Waals surface area contributed by atoms with E-state index in [9.17, 15) is 4.79 Å². The molecule has 8 heteroatoms. The highest BCUT2D eigenvalue weighted by Gasteiger charge is 2.24. The smallest absolute Gasteiger partial charge is 0.251 e. The summed E-state index contributed by atoms with van der Waals surface area (Å²) >= 11 is 1.75. The van der Waals surface area contributed by atoms with Gasteiger partial charge in [0.15, 0.2) is 11.5 Å². The van der Waals surface area contributed by atoms with Crippen LogP contribution in [0.5, 0.6) is 17.2 Å². The number of nitrogens with zero attached hydrogens (tertiary/aromatic N) is 1. The molecular formula is C22H31ClN2O4S. The molecule has 1 aromatic heterocycles. The van der Waals surface area contributed by atoms with Gasteiger partial charge in [0.2, 0.25) is 5.75 Å². The SMILES string of the molecule is COc1cc(C(=O)NCC(c2cccs2)N2CCCCCC2)cc(OC)c1OC.Cl. The average molecular weight is 455 g/mol. The summed E-state index contributed by atoms with van der Waals surface area (Å²) in [7, 11) is 4.64. The molecule has 1 saturated heterocycles. The number of carbonyl (C=O) groups excluding carboxylic acids is 1. The second kappa shape index (κ2) is 12.0. The highest BCUT2D eigenvalue weighted by atomic mass is 35.5. The van der Waals surface area contributed by atoms with E-state index in [2.05, 4.69) is 27.7 Å². The Morgan fingerprint density at radius 2 is 1.70 bits per heavy atom. The fraction of sp³-hybridized carbons (Fsp3) is 0.500. The van der Waals surface area contributed by atoms with Crippen LogP contribution in [0.15, 0.2) is 29.6 Å². The number of hydrogen-bond donors (Lipinski definition) is 1. The molecule has 1 N–H and O–H groups in total. The van der Waals surface area contributed by atoms with Crippen LogP contribution < -0.4 is 19.5 Å². The van der Waals surface area contributed by atoms with Gasteiger partial charge in [0.1, 0.15) is 0 Å². The van der Waals surface area contributed by atoms with Gasteiger partial charge < -0.3 is 19.5 Å². The van der Waals surface area contributed by atoms with Gasteiger partial charge in [-0.2, -0.15) is 0 Å². The van der Waals surface area contributed by atoms with Crippen molar-refractivity contribution in [3.05, 3.63) is 40.1 Å². The minimum absolute atomic E-state index is 0. The van der Waals surface area contributed by atoms with Crippen molar-refractivity contribution in [2.45, 2.75) is 31.7 Å². The molecule has 30 heavy (non-hydrogen) atoms. The van der Waals surface area contributed by atoms with Gasteiger partial charge in [-0.15, -0.1) is 23.7 Å². The zero-order chi connectivity index (χ0) is 20.6. The summed E-state index contributed by atoms with van der Waals surface area (Å²) in [6, 6.07) is 7.79. The van der Waals surface area contributed by atoms with Crippen molar-refractivity contribution in [1.82, 2.24) is 10.2 Å². The van der Waals surface area contributed by atoms with Crippen LogP contribution in [-0.4, -0.2) is 51.8 Å². The Balaban J connectivity index is 0.00000320. The Bertz CT molecular complexity index is 767. The molecule has 0 radical (unpaired) electrons. The molecular weight excluding hydrogens is 424 g/mol. The lowest BCUT2D eigenvalue weighted by Gasteiger charge is -2.30. The third kappa shape index (κ3) is 5.80. The summed E-state index contributed by atoms with van der Waals surface area (Å²) in [5.74, 6) is 1.27. The van der Waals surface area contributed by atoms with Crippen LogP contribution in [0.4, 0.5) is 0 Å². The van der Waals surface area contributed by atoms with Gasteiger partial charge in [-0.25, -0.2) is 0 Å². The fourth-order valence-corrected chi connectivity index (χ4v) is 4.66. The van der Waals surface area contributed by atoms with E-state index in [0.29, 0.717) is 29.4 Å². The maximum atomic E-state index is 12.9. The van der Waals surface area contributed by atoms with Gasteiger partial charge >= 0.3 is 0 Å². The molecule has 1 amide bonds. The molecule has 1 aliphatic rings. The summed E-state index contributed by atoms with van der Waals surface area (Å²) in [5.41, 5.74) is 0.486. The normalized spacial score (nSPS) is 15.4. The summed E-state index contributed by atoms with van der Waals surface area (Å²) in [5, 5.41) is 5.22. The van der Waals surface area contributed by atoms with Crippen molar-refractivity contribution >= 4 is 29.7 Å². The van der Waals surface area contributed by atoms with Crippen LogP contribution in [0.3, 0.4) is 0 Å². The van der Waals surface area contributed by atoms with Gasteiger partial charge in [-0.3, -0.25) is 9.69 Å². The highest BCUT2D eigenvalue weighted by Crippen LogP contribution is 2.38.